The van der Waals surface area contributed by atoms with Crippen molar-refractivity contribution in [2.45, 2.75) is 6.42 Å². The molecule has 0 saturated carbocycles. The van der Waals surface area contributed by atoms with Gasteiger partial charge in [0.1, 0.15) is 5.75 Å². The van der Waals surface area contributed by atoms with E-state index in [1.165, 1.54) is 0 Å². The molecule has 0 fully saturated rings. The van der Waals surface area contributed by atoms with Crippen LogP contribution < -0.4 is 15.5 Å². The molecule has 0 radical (unpaired) electrons. The molecule has 0 aliphatic rings. The summed E-state index contributed by atoms with van der Waals surface area (Å²) < 4.78 is 6.84. The van der Waals surface area contributed by atoms with Crippen molar-refractivity contribution in [3.05, 3.63) is 70.0 Å². The maximum absolute atomic E-state index is 12.5. The van der Waals surface area contributed by atoms with Crippen molar-refractivity contribution in [3.63, 3.8) is 0 Å². The molecule has 0 aliphatic heterocycles. The van der Waals surface area contributed by atoms with Gasteiger partial charge in [-0.3, -0.25) is 14.3 Å². The van der Waals surface area contributed by atoms with Gasteiger partial charge in [-0.05, 0) is 30.2 Å². The first kappa shape index (κ1) is 16.7. The lowest BCUT2D eigenvalue weighted by atomic mass is 10.1. The number of fused-ring (bicyclic) bond motifs is 1. The van der Waals surface area contributed by atoms with Gasteiger partial charge in [0.15, 0.2) is 5.69 Å². The molecule has 6 nitrogen and oxygen atoms in total. The van der Waals surface area contributed by atoms with Crippen LogP contribution in [0.25, 0.3) is 10.9 Å². The molecule has 0 saturated heterocycles. The summed E-state index contributed by atoms with van der Waals surface area (Å²) in [5, 5.41) is 7.37. The Morgan fingerprint density at radius 2 is 1.88 bits per heavy atom. The summed E-state index contributed by atoms with van der Waals surface area (Å²) in [6, 6.07) is 14.7. The minimum atomic E-state index is -0.471. The van der Waals surface area contributed by atoms with Crippen molar-refractivity contribution in [2.75, 3.05) is 13.7 Å². The predicted molar refractivity (Wildman–Crippen MR) is 96.0 cm³/mol. The Morgan fingerprint density at radius 3 is 2.68 bits per heavy atom. The summed E-state index contributed by atoms with van der Waals surface area (Å²) in [5.74, 6) is 0.303. The molecule has 1 aromatic heterocycles. The third-order valence-electron chi connectivity index (χ3n) is 4.05. The van der Waals surface area contributed by atoms with Crippen LogP contribution in [0, 0.1) is 0 Å². The summed E-state index contributed by atoms with van der Waals surface area (Å²) in [5.41, 5.74) is 1.23. The van der Waals surface area contributed by atoms with Gasteiger partial charge in [-0.1, -0.05) is 30.3 Å². The highest BCUT2D eigenvalue weighted by molar-refractivity contribution is 5.95. The molecule has 3 rings (SSSR count). The molecule has 1 heterocycles. The Balaban J connectivity index is 1.77. The Bertz CT molecular complexity index is 979. The number of benzene rings is 2. The van der Waals surface area contributed by atoms with Crippen LogP contribution in [0.2, 0.25) is 0 Å². The van der Waals surface area contributed by atoms with Crippen LogP contribution in [0.5, 0.6) is 5.75 Å². The van der Waals surface area contributed by atoms with Crippen LogP contribution in [0.3, 0.4) is 0 Å². The number of rotatable bonds is 5. The fourth-order valence-electron chi connectivity index (χ4n) is 2.78. The monoisotopic (exact) mass is 337 g/mol. The van der Waals surface area contributed by atoms with E-state index in [1.807, 2.05) is 30.3 Å². The van der Waals surface area contributed by atoms with Gasteiger partial charge in [0.05, 0.1) is 12.6 Å². The molecule has 1 amide bonds. The van der Waals surface area contributed by atoms with Gasteiger partial charge in [-0.15, -0.1) is 0 Å². The van der Waals surface area contributed by atoms with E-state index in [2.05, 4.69) is 10.4 Å². The van der Waals surface area contributed by atoms with Crippen LogP contribution in [0.15, 0.2) is 53.3 Å². The van der Waals surface area contributed by atoms with Gasteiger partial charge < -0.3 is 10.1 Å². The van der Waals surface area contributed by atoms with Crippen molar-refractivity contribution in [3.8, 4) is 5.75 Å². The Hall–Kier alpha value is -3.15. The molecule has 0 spiro atoms. The standard InChI is InChI=1S/C19H19N3O3/c1-22-15-9-5-4-8-14(15)18(23)17(21-22)19(24)20-12-11-13-7-3-6-10-16(13)25-2/h3-10H,11-12H2,1-2H3,(H,20,24). The number of para-hydroxylation sites is 2. The zero-order valence-electron chi connectivity index (χ0n) is 14.2. The second-order valence-electron chi connectivity index (χ2n) is 5.64. The average Bonchev–Trinajstić information content (AvgIpc) is 2.65. The second-order valence-corrected chi connectivity index (χ2v) is 5.64. The molecule has 0 atom stereocenters. The van der Waals surface area contributed by atoms with E-state index < -0.39 is 5.91 Å². The van der Waals surface area contributed by atoms with E-state index in [1.54, 1.807) is 37.0 Å². The van der Waals surface area contributed by atoms with Gasteiger partial charge in [-0.25, -0.2) is 0 Å². The van der Waals surface area contributed by atoms with Gasteiger partial charge >= 0.3 is 0 Å². The lowest BCUT2D eigenvalue weighted by Crippen LogP contribution is -2.33. The number of ether oxygens (including phenoxy) is 1. The van der Waals surface area contributed by atoms with Crippen molar-refractivity contribution < 1.29 is 9.53 Å². The number of hydrogen-bond acceptors (Lipinski definition) is 4. The van der Waals surface area contributed by atoms with Gasteiger partial charge in [0.2, 0.25) is 5.43 Å². The van der Waals surface area contributed by atoms with Crippen LogP contribution in [-0.2, 0) is 13.5 Å². The minimum Gasteiger partial charge on any atom is -0.496 e. The molecule has 3 aromatic rings. The quantitative estimate of drug-likeness (QED) is 0.772. The number of carbonyl (C=O) groups excluding carboxylic acids is 1. The van der Waals surface area contributed by atoms with Gasteiger partial charge in [0, 0.05) is 19.0 Å². The van der Waals surface area contributed by atoms with Crippen molar-refractivity contribution in [2.24, 2.45) is 7.05 Å². The van der Waals surface area contributed by atoms with E-state index in [0.717, 1.165) is 11.3 Å². The highest BCUT2D eigenvalue weighted by atomic mass is 16.5. The zero-order chi connectivity index (χ0) is 17.8. The van der Waals surface area contributed by atoms with E-state index in [0.29, 0.717) is 23.9 Å². The fourth-order valence-corrected chi connectivity index (χ4v) is 2.78. The maximum atomic E-state index is 12.5. The Kier molecular flexibility index (Phi) is 4.79. The molecule has 2 aromatic carbocycles. The van der Waals surface area contributed by atoms with E-state index in [4.69, 9.17) is 4.74 Å². The molecule has 128 valence electrons. The maximum Gasteiger partial charge on any atom is 0.275 e. The largest absolute Gasteiger partial charge is 0.496 e. The SMILES string of the molecule is COc1ccccc1CCNC(=O)c1nn(C)c2ccccc2c1=O. The first-order chi connectivity index (χ1) is 12.1. The Labute approximate surface area is 145 Å². The number of methoxy groups -OCH3 is 1. The number of aromatic nitrogens is 2. The average molecular weight is 337 g/mol. The van der Waals surface area contributed by atoms with Crippen molar-refractivity contribution in [1.82, 2.24) is 15.1 Å². The first-order valence-electron chi connectivity index (χ1n) is 7.98. The zero-order valence-corrected chi connectivity index (χ0v) is 14.2. The smallest absolute Gasteiger partial charge is 0.275 e. The third kappa shape index (κ3) is 3.38. The number of amides is 1. The fraction of sp³-hybridized carbons (Fsp3) is 0.211. The second kappa shape index (κ2) is 7.17. The van der Waals surface area contributed by atoms with Crippen LogP contribution in [-0.4, -0.2) is 29.3 Å². The van der Waals surface area contributed by atoms with E-state index in [-0.39, 0.29) is 11.1 Å². The topological polar surface area (TPSA) is 73.2 Å². The minimum absolute atomic E-state index is 0.0961. The molecular formula is C19H19N3O3. The number of hydrogen-bond donors (Lipinski definition) is 1. The first-order valence-corrected chi connectivity index (χ1v) is 7.98. The molecule has 0 unspecified atom stereocenters. The van der Waals surface area contributed by atoms with Crippen molar-refractivity contribution >= 4 is 16.8 Å². The highest BCUT2D eigenvalue weighted by Crippen LogP contribution is 2.17. The van der Waals surface area contributed by atoms with Crippen LogP contribution in [0.4, 0.5) is 0 Å². The summed E-state index contributed by atoms with van der Waals surface area (Å²) in [6.45, 7) is 0.386. The van der Waals surface area contributed by atoms with Crippen molar-refractivity contribution in [1.29, 1.82) is 0 Å². The number of nitrogens with one attached hydrogen (secondary N) is 1. The Morgan fingerprint density at radius 1 is 1.16 bits per heavy atom. The molecule has 6 heteroatoms. The van der Waals surface area contributed by atoms with Crippen LogP contribution in [0.1, 0.15) is 16.1 Å². The van der Waals surface area contributed by atoms with Gasteiger partial charge in [-0.2, -0.15) is 5.10 Å². The lowest BCUT2D eigenvalue weighted by Gasteiger charge is -2.10. The summed E-state index contributed by atoms with van der Waals surface area (Å²) in [4.78, 5) is 24.9. The van der Waals surface area contributed by atoms with E-state index >= 15 is 0 Å². The highest BCUT2D eigenvalue weighted by Gasteiger charge is 2.16. The number of aryl methyl sites for hydroxylation is 1. The molecule has 25 heavy (non-hydrogen) atoms. The van der Waals surface area contributed by atoms with Gasteiger partial charge in [0.25, 0.3) is 5.91 Å². The number of carbonyl (C=O) groups is 1. The lowest BCUT2D eigenvalue weighted by molar-refractivity contribution is 0.0946. The molecular weight excluding hydrogens is 318 g/mol. The number of nitrogens with zero attached hydrogens (tertiary/aromatic N) is 2. The molecule has 0 aliphatic carbocycles. The summed E-state index contributed by atoms with van der Waals surface area (Å²) in [6.07, 6.45) is 0.601. The molecule has 1 N–H and O–H groups in total. The van der Waals surface area contributed by atoms with Crippen LogP contribution >= 0.6 is 0 Å². The normalized spacial score (nSPS) is 10.6. The third-order valence-corrected chi connectivity index (χ3v) is 4.05. The molecule has 0 bridgehead atoms. The van der Waals surface area contributed by atoms with E-state index in [9.17, 15) is 9.59 Å². The summed E-state index contributed by atoms with van der Waals surface area (Å²) >= 11 is 0. The predicted octanol–water partition coefficient (Wildman–Crippen LogP) is 1.91. The summed E-state index contributed by atoms with van der Waals surface area (Å²) in [7, 11) is 3.33.